The van der Waals surface area contributed by atoms with Crippen LogP contribution in [-0.2, 0) is 16.0 Å². The van der Waals surface area contributed by atoms with E-state index in [4.69, 9.17) is 4.74 Å². The first kappa shape index (κ1) is 13.8. The summed E-state index contributed by atoms with van der Waals surface area (Å²) < 4.78 is 4.96. The van der Waals surface area contributed by atoms with E-state index in [1.807, 2.05) is 24.3 Å². The lowest BCUT2D eigenvalue weighted by atomic mass is 9.76. The van der Waals surface area contributed by atoms with Crippen LogP contribution in [0, 0.1) is 11.8 Å². The van der Waals surface area contributed by atoms with Gasteiger partial charge in [0, 0.05) is 18.4 Å². The van der Waals surface area contributed by atoms with Gasteiger partial charge in [0.05, 0.1) is 6.61 Å². The van der Waals surface area contributed by atoms with E-state index >= 15 is 0 Å². The van der Waals surface area contributed by atoms with E-state index in [1.54, 1.807) is 0 Å². The van der Waals surface area contributed by atoms with Crippen molar-refractivity contribution in [2.75, 3.05) is 6.61 Å². The number of Topliss-reactive ketones (excluding diaryl/α,β-unsaturated/α-hetero) is 1. The van der Waals surface area contributed by atoms with Gasteiger partial charge in [0.25, 0.3) is 0 Å². The fourth-order valence-corrected chi connectivity index (χ4v) is 2.75. The van der Waals surface area contributed by atoms with Crippen molar-refractivity contribution in [1.82, 2.24) is 0 Å². The second kappa shape index (κ2) is 6.00. The summed E-state index contributed by atoms with van der Waals surface area (Å²) in [5.74, 6) is 0.301. The molecule has 1 aromatic rings. The van der Waals surface area contributed by atoms with Crippen LogP contribution in [-0.4, -0.2) is 18.4 Å². The highest BCUT2D eigenvalue weighted by atomic mass is 16.5. The zero-order valence-electron chi connectivity index (χ0n) is 11.5. The monoisotopic (exact) mass is 260 g/mol. The third-order valence-corrected chi connectivity index (χ3v) is 3.91. The lowest BCUT2D eigenvalue weighted by molar-refractivity contribution is -0.141. The molecule has 2 atom stereocenters. The Hall–Kier alpha value is -1.64. The number of carbonyl (C=O) groups excluding carboxylic acids is 2. The minimum atomic E-state index is -0.257. The van der Waals surface area contributed by atoms with E-state index in [-0.39, 0.29) is 23.6 Å². The smallest absolute Gasteiger partial charge is 0.302 e. The molecule has 0 aliphatic heterocycles. The van der Waals surface area contributed by atoms with Crippen LogP contribution in [0.25, 0.3) is 0 Å². The lowest BCUT2D eigenvalue weighted by Crippen LogP contribution is -2.28. The Kier molecular flexibility index (Phi) is 4.35. The van der Waals surface area contributed by atoms with Crippen LogP contribution in [0.1, 0.15) is 42.6 Å². The maximum Gasteiger partial charge on any atom is 0.302 e. The van der Waals surface area contributed by atoms with Gasteiger partial charge in [0.1, 0.15) is 0 Å². The highest BCUT2D eigenvalue weighted by Crippen LogP contribution is 2.31. The molecule has 2 rings (SSSR count). The number of carbonyl (C=O) groups is 2. The molecule has 0 spiro atoms. The number of hydrogen-bond acceptors (Lipinski definition) is 3. The van der Waals surface area contributed by atoms with Gasteiger partial charge in [-0.05, 0) is 30.7 Å². The Morgan fingerprint density at radius 3 is 2.89 bits per heavy atom. The number of ketones is 1. The quantitative estimate of drug-likeness (QED) is 0.782. The molecule has 0 N–H and O–H groups in total. The zero-order valence-corrected chi connectivity index (χ0v) is 11.5. The zero-order chi connectivity index (χ0) is 13.8. The summed E-state index contributed by atoms with van der Waals surface area (Å²) in [7, 11) is 0. The summed E-state index contributed by atoms with van der Waals surface area (Å²) in [4.78, 5) is 23.2. The minimum Gasteiger partial charge on any atom is -0.466 e. The molecule has 3 nitrogen and oxygen atoms in total. The Morgan fingerprint density at radius 2 is 2.16 bits per heavy atom. The molecule has 19 heavy (non-hydrogen) atoms. The molecule has 0 saturated heterocycles. The number of esters is 1. The van der Waals surface area contributed by atoms with Crippen LogP contribution in [0.2, 0.25) is 0 Å². The maximum atomic E-state index is 12.4. The van der Waals surface area contributed by atoms with Crippen LogP contribution in [0.3, 0.4) is 0 Å². The second-order valence-electron chi connectivity index (χ2n) is 5.27. The number of aryl methyl sites for hydroxylation is 1. The van der Waals surface area contributed by atoms with Gasteiger partial charge in [0.2, 0.25) is 0 Å². The molecule has 102 valence electrons. The van der Waals surface area contributed by atoms with E-state index in [1.165, 1.54) is 6.92 Å². The topological polar surface area (TPSA) is 43.4 Å². The molecule has 1 unspecified atom stereocenters. The van der Waals surface area contributed by atoms with Crippen molar-refractivity contribution in [3.63, 3.8) is 0 Å². The SMILES string of the molecule is CC(=O)OCC[C@@H](C)C1CCc2ccccc2C1=O. The van der Waals surface area contributed by atoms with Gasteiger partial charge in [-0.25, -0.2) is 0 Å². The summed E-state index contributed by atoms with van der Waals surface area (Å²) in [5, 5.41) is 0. The molecular weight excluding hydrogens is 240 g/mol. The van der Waals surface area contributed by atoms with Gasteiger partial charge < -0.3 is 4.74 Å². The van der Waals surface area contributed by atoms with Crippen LogP contribution >= 0.6 is 0 Å². The van der Waals surface area contributed by atoms with Crippen molar-refractivity contribution in [3.8, 4) is 0 Å². The molecule has 1 aliphatic rings. The first-order valence-corrected chi connectivity index (χ1v) is 6.85. The fourth-order valence-electron chi connectivity index (χ4n) is 2.75. The summed E-state index contributed by atoms with van der Waals surface area (Å²) in [5.41, 5.74) is 2.04. The molecule has 0 fully saturated rings. The maximum absolute atomic E-state index is 12.4. The van der Waals surface area contributed by atoms with Crippen molar-refractivity contribution in [2.24, 2.45) is 11.8 Å². The summed E-state index contributed by atoms with van der Waals surface area (Å²) in [6.45, 7) is 3.88. The third kappa shape index (κ3) is 3.22. The molecule has 0 bridgehead atoms. The Balaban J connectivity index is 1.99. The average molecular weight is 260 g/mol. The largest absolute Gasteiger partial charge is 0.466 e. The van der Waals surface area contributed by atoms with E-state index in [2.05, 4.69) is 6.92 Å². The number of benzene rings is 1. The lowest BCUT2D eigenvalue weighted by Gasteiger charge is -2.28. The van der Waals surface area contributed by atoms with Crippen LogP contribution in [0.5, 0.6) is 0 Å². The third-order valence-electron chi connectivity index (χ3n) is 3.91. The first-order valence-electron chi connectivity index (χ1n) is 6.85. The Bertz CT molecular complexity index is 479. The molecule has 0 saturated carbocycles. The van der Waals surface area contributed by atoms with E-state index in [0.717, 1.165) is 30.4 Å². The van der Waals surface area contributed by atoms with Crippen LogP contribution in [0.15, 0.2) is 24.3 Å². The van der Waals surface area contributed by atoms with E-state index < -0.39 is 0 Å². The molecule has 0 radical (unpaired) electrons. The number of ether oxygens (including phenoxy) is 1. The Labute approximate surface area is 114 Å². The minimum absolute atomic E-state index is 0.0606. The van der Waals surface area contributed by atoms with Crippen molar-refractivity contribution in [3.05, 3.63) is 35.4 Å². The number of hydrogen-bond donors (Lipinski definition) is 0. The molecule has 0 heterocycles. The van der Waals surface area contributed by atoms with Crippen molar-refractivity contribution in [2.45, 2.75) is 33.1 Å². The van der Waals surface area contributed by atoms with Crippen LogP contribution < -0.4 is 0 Å². The normalized spacial score (nSPS) is 19.7. The predicted octanol–water partition coefficient (Wildman–Crippen LogP) is 3.02. The van der Waals surface area contributed by atoms with Crippen LogP contribution in [0.4, 0.5) is 0 Å². The Morgan fingerprint density at radius 1 is 1.42 bits per heavy atom. The predicted molar refractivity (Wildman–Crippen MR) is 73.0 cm³/mol. The van der Waals surface area contributed by atoms with Crippen molar-refractivity contribution >= 4 is 11.8 Å². The van der Waals surface area contributed by atoms with Gasteiger partial charge >= 0.3 is 5.97 Å². The van der Waals surface area contributed by atoms with Gasteiger partial charge in [-0.15, -0.1) is 0 Å². The van der Waals surface area contributed by atoms with Gasteiger partial charge in [-0.3, -0.25) is 9.59 Å². The molecule has 0 aromatic heterocycles. The molecule has 0 amide bonds. The van der Waals surface area contributed by atoms with Gasteiger partial charge in [-0.1, -0.05) is 31.2 Å². The average Bonchev–Trinajstić information content (AvgIpc) is 2.39. The van der Waals surface area contributed by atoms with E-state index in [9.17, 15) is 9.59 Å². The first-order chi connectivity index (χ1) is 9.09. The summed E-state index contributed by atoms with van der Waals surface area (Å²) >= 11 is 0. The van der Waals surface area contributed by atoms with Gasteiger partial charge in [0.15, 0.2) is 5.78 Å². The summed E-state index contributed by atoms with van der Waals surface area (Å²) in [6.07, 6.45) is 2.61. The van der Waals surface area contributed by atoms with Crippen molar-refractivity contribution < 1.29 is 14.3 Å². The van der Waals surface area contributed by atoms with Crippen molar-refractivity contribution in [1.29, 1.82) is 0 Å². The molecule has 1 aromatic carbocycles. The summed E-state index contributed by atoms with van der Waals surface area (Å²) in [6, 6.07) is 7.86. The van der Waals surface area contributed by atoms with Gasteiger partial charge in [-0.2, -0.15) is 0 Å². The fraction of sp³-hybridized carbons (Fsp3) is 0.500. The standard InChI is InChI=1S/C16H20O3/c1-11(9-10-19-12(2)17)14-8-7-13-5-3-4-6-15(13)16(14)18/h3-6,11,14H,7-10H2,1-2H3/t11-,14?/m1/s1. The molecule has 3 heteroatoms. The highest BCUT2D eigenvalue weighted by Gasteiger charge is 2.30. The second-order valence-corrected chi connectivity index (χ2v) is 5.27. The van der Waals surface area contributed by atoms with E-state index in [0.29, 0.717) is 6.61 Å². The number of fused-ring (bicyclic) bond motifs is 1. The highest BCUT2D eigenvalue weighted by molar-refractivity contribution is 6.00. The number of rotatable bonds is 4. The molecular formula is C16H20O3. The molecule has 1 aliphatic carbocycles.